The number of hydrogen-bond acceptors (Lipinski definition) is 5. The summed E-state index contributed by atoms with van der Waals surface area (Å²) in [6, 6.07) is 9.94. The van der Waals surface area contributed by atoms with Crippen LogP contribution < -0.4 is 20.1 Å². The SMILES string of the molecule is CN(C)C(=O)CNC(=NCc1ccc2c(c1)OCO2)NCCc1cccs1. The molecule has 1 aliphatic heterocycles. The summed E-state index contributed by atoms with van der Waals surface area (Å²) in [5, 5.41) is 8.46. The maximum atomic E-state index is 11.9. The minimum absolute atomic E-state index is 0.00848. The number of guanidine groups is 1. The lowest BCUT2D eigenvalue weighted by Gasteiger charge is -2.15. The number of carbonyl (C=O) groups excluding carboxylic acids is 1. The van der Waals surface area contributed by atoms with Crippen molar-refractivity contribution in [3.8, 4) is 11.5 Å². The summed E-state index contributed by atoms with van der Waals surface area (Å²) < 4.78 is 10.7. The van der Waals surface area contributed by atoms with Crippen LogP contribution in [0.15, 0.2) is 40.7 Å². The number of nitrogens with one attached hydrogen (secondary N) is 2. The van der Waals surface area contributed by atoms with Gasteiger partial charge >= 0.3 is 0 Å². The van der Waals surface area contributed by atoms with Crippen molar-refractivity contribution in [3.63, 3.8) is 0 Å². The number of fused-ring (bicyclic) bond motifs is 1. The van der Waals surface area contributed by atoms with E-state index in [1.54, 1.807) is 30.3 Å². The molecular weight excluding hydrogens is 364 g/mol. The summed E-state index contributed by atoms with van der Waals surface area (Å²) in [7, 11) is 3.47. The third-order valence-electron chi connectivity index (χ3n) is 4.01. The van der Waals surface area contributed by atoms with E-state index in [0.717, 1.165) is 30.0 Å². The molecule has 0 saturated carbocycles. The minimum atomic E-state index is -0.00848. The molecule has 3 rings (SSSR count). The molecule has 8 heteroatoms. The lowest BCUT2D eigenvalue weighted by Crippen LogP contribution is -2.43. The Hall–Kier alpha value is -2.74. The zero-order chi connectivity index (χ0) is 19.1. The van der Waals surface area contributed by atoms with Crippen molar-refractivity contribution in [2.75, 3.05) is 34.0 Å². The van der Waals surface area contributed by atoms with Gasteiger partial charge in [-0.1, -0.05) is 12.1 Å². The van der Waals surface area contributed by atoms with Crippen molar-refractivity contribution in [1.82, 2.24) is 15.5 Å². The predicted octanol–water partition coefficient (Wildman–Crippen LogP) is 1.84. The maximum absolute atomic E-state index is 11.9. The third-order valence-corrected chi connectivity index (χ3v) is 4.94. The van der Waals surface area contributed by atoms with Crippen LogP contribution >= 0.6 is 11.3 Å². The van der Waals surface area contributed by atoms with Gasteiger partial charge in [0.1, 0.15) is 0 Å². The first-order valence-corrected chi connectivity index (χ1v) is 9.63. The van der Waals surface area contributed by atoms with Gasteiger partial charge in [0.25, 0.3) is 0 Å². The number of ether oxygens (including phenoxy) is 2. The summed E-state index contributed by atoms with van der Waals surface area (Å²) in [4.78, 5) is 19.3. The van der Waals surface area contributed by atoms with Gasteiger partial charge in [0.2, 0.25) is 12.7 Å². The molecule has 1 aromatic heterocycles. The molecular formula is C19H24N4O3S. The molecule has 1 aromatic carbocycles. The summed E-state index contributed by atoms with van der Waals surface area (Å²) in [5.74, 6) is 2.10. The van der Waals surface area contributed by atoms with Crippen LogP contribution in [-0.4, -0.2) is 50.7 Å². The molecule has 0 saturated heterocycles. The summed E-state index contributed by atoms with van der Waals surface area (Å²) >= 11 is 1.73. The predicted molar refractivity (Wildman–Crippen MR) is 106 cm³/mol. The van der Waals surface area contributed by atoms with E-state index in [-0.39, 0.29) is 19.2 Å². The molecule has 0 atom stereocenters. The Morgan fingerprint density at radius 3 is 2.85 bits per heavy atom. The van der Waals surface area contributed by atoms with Crippen molar-refractivity contribution in [2.45, 2.75) is 13.0 Å². The normalized spacial score (nSPS) is 12.7. The molecule has 144 valence electrons. The number of carbonyl (C=O) groups is 1. The van der Waals surface area contributed by atoms with Crippen LogP contribution in [0, 0.1) is 0 Å². The number of amides is 1. The fraction of sp³-hybridized carbons (Fsp3) is 0.368. The van der Waals surface area contributed by atoms with Gasteiger partial charge in [-0.3, -0.25) is 4.79 Å². The Morgan fingerprint density at radius 2 is 2.07 bits per heavy atom. The van der Waals surface area contributed by atoms with E-state index in [2.05, 4.69) is 27.1 Å². The van der Waals surface area contributed by atoms with Crippen LogP contribution in [0.25, 0.3) is 0 Å². The number of aliphatic imine (C=N–C) groups is 1. The standard InChI is InChI=1S/C19H24N4O3S/c1-23(2)18(24)12-22-19(20-8-7-15-4-3-9-27-15)21-11-14-5-6-16-17(10-14)26-13-25-16/h3-6,9-10H,7-8,11-13H2,1-2H3,(H2,20,21,22). The fourth-order valence-electron chi connectivity index (χ4n) is 2.46. The molecule has 0 radical (unpaired) electrons. The molecule has 0 fully saturated rings. The Labute approximate surface area is 163 Å². The fourth-order valence-corrected chi connectivity index (χ4v) is 3.17. The van der Waals surface area contributed by atoms with Gasteiger partial charge in [-0.25, -0.2) is 4.99 Å². The second-order valence-electron chi connectivity index (χ2n) is 6.25. The van der Waals surface area contributed by atoms with Crippen LogP contribution in [0.1, 0.15) is 10.4 Å². The molecule has 2 heterocycles. The van der Waals surface area contributed by atoms with Gasteiger partial charge in [0, 0.05) is 25.5 Å². The summed E-state index contributed by atoms with van der Waals surface area (Å²) in [6.07, 6.45) is 0.907. The van der Waals surface area contributed by atoms with Gasteiger partial charge in [-0.2, -0.15) is 0 Å². The molecule has 0 bridgehead atoms. The lowest BCUT2D eigenvalue weighted by atomic mass is 10.2. The molecule has 1 aliphatic rings. The smallest absolute Gasteiger partial charge is 0.241 e. The molecule has 7 nitrogen and oxygen atoms in total. The highest BCUT2D eigenvalue weighted by Crippen LogP contribution is 2.32. The van der Waals surface area contributed by atoms with Crippen LogP contribution in [0.4, 0.5) is 0 Å². The van der Waals surface area contributed by atoms with E-state index in [4.69, 9.17) is 9.47 Å². The summed E-state index contributed by atoms with van der Waals surface area (Å²) in [6.45, 7) is 1.66. The van der Waals surface area contributed by atoms with Crippen LogP contribution in [0.2, 0.25) is 0 Å². The van der Waals surface area contributed by atoms with Crippen molar-refractivity contribution >= 4 is 23.2 Å². The van der Waals surface area contributed by atoms with Gasteiger partial charge in [-0.05, 0) is 35.6 Å². The molecule has 2 aromatic rings. The summed E-state index contributed by atoms with van der Waals surface area (Å²) in [5.41, 5.74) is 1.01. The molecule has 0 spiro atoms. The number of benzene rings is 1. The van der Waals surface area contributed by atoms with Crippen molar-refractivity contribution in [1.29, 1.82) is 0 Å². The first kappa shape index (κ1) is 19.0. The van der Waals surface area contributed by atoms with E-state index in [9.17, 15) is 4.79 Å². The zero-order valence-electron chi connectivity index (χ0n) is 15.5. The number of likely N-dealkylation sites (N-methyl/N-ethyl adjacent to an activating group) is 1. The Bertz CT molecular complexity index is 790. The van der Waals surface area contributed by atoms with E-state index in [1.165, 1.54) is 4.88 Å². The molecule has 0 aliphatic carbocycles. The van der Waals surface area contributed by atoms with E-state index in [0.29, 0.717) is 12.5 Å². The largest absolute Gasteiger partial charge is 0.454 e. The topological polar surface area (TPSA) is 75.2 Å². The molecule has 1 amide bonds. The highest BCUT2D eigenvalue weighted by atomic mass is 32.1. The Morgan fingerprint density at radius 1 is 1.22 bits per heavy atom. The molecule has 0 unspecified atom stereocenters. The van der Waals surface area contributed by atoms with E-state index >= 15 is 0 Å². The number of thiophene rings is 1. The molecule has 2 N–H and O–H groups in total. The third kappa shape index (κ3) is 5.62. The van der Waals surface area contributed by atoms with E-state index < -0.39 is 0 Å². The van der Waals surface area contributed by atoms with E-state index in [1.807, 2.05) is 24.3 Å². The van der Waals surface area contributed by atoms with Gasteiger partial charge < -0.3 is 25.0 Å². The first-order chi connectivity index (χ1) is 13.1. The first-order valence-electron chi connectivity index (χ1n) is 8.75. The number of nitrogens with zero attached hydrogens (tertiary/aromatic N) is 2. The van der Waals surface area contributed by atoms with Crippen molar-refractivity contribution < 1.29 is 14.3 Å². The quantitative estimate of drug-likeness (QED) is 0.559. The van der Waals surface area contributed by atoms with Gasteiger partial charge in [0.15, 0.2) is 17.5 Å². The van der Waals surface area contributed by atoms with Crippen LogP contribution in [-0.2, 0) is 17.8 Å². The van der Waals surface area contributed by atoms with Crippen LogP contribution in [0.3, 0.4) is 0 Å². The van der Waals surface area contributed by atoms with Crippen molar-refractivity contribution in [2.24, 2.45) is 4.99 Å². The average Bonchev–Trinajstić information content (AvgIpc) is 3.34. The second-order valence-corrected chi connectivity index (χ2v) is 7.28. The van der Waals surface area contributed by atoms with Crippen LogP contribution in [0.5, 0.6) is 11.5 Å². The van der Waals surface area contributed by atoms with Gasteiger partial charge in [0.05, 0.1) is 13.1 Å². The van der Waals surface area contributed by atoms with Gasteiger partial charge in [-0.15, -0.1) is 11.3 Å². The zero-order valence-corrected chi connectivity index (χ0v) is 16.3. The number of hydrogen-bond donors (Lipinski definition) is 2. The van der Waals surface area contributed by atoms with Crippen molar-refractivity contribution in [3.05, 3.63) is 46.2 Å². The second kappa shape index (κ2) is 9.27. The Balaban J connectivity index is 1.60. The average molecular weight is 388 g/mol. The Kier molecular flexibility index (Phi) is 6.54. The monoisotopic (exact) mass is 388 g/mol. The minimum Gasteiger partial charge on any atom is -0.454 e. The maximum Gasteiger partial charge on any atom is 0.241 e. The number of rotatable bonds is 7. The highest BCUT2D eigenvalue weighted by molar-refractivity contribution is 7.09. The lowest BCUT2D eigenvalue weighted by molar-refractivity contribution is -0.127. The highest BCUT2D eigenvalue weighted by Gasteiger charge is 2.13. The molecule has 27 heavy (non-hydrogen) atoms.